The Labute approximate surface area is 119 Å². The molecule has 0 radical (unpaired) electrons. The first-order valence-corrected chi connectivity index (χ1v) is 8.88. The van der Waals surface area contributed by atoms with Crippen molar-refractivity contribution in [2.45, 2.75) is 43.3 Å². The molecule has 2 nitrogen and oxygen atoms in total. The van der Waals surface area contributed by atoms with Gasteiger partial charge >= 0.3 is 0 Å². The molecule has 0 aliphatic heterocycles. The van der Waals surface area contributed by atoms with Crippen molar-refractivity contribution in [1.82, 2.24) is 0 Å². The van der Waals surface area contributed by atoms with Crippen LogP contribution in [0.5, 0.6) is 0 Å². The van der Waals surface area contributed by atoms with E-state index in [-0.39, 0.29) is 5.75 Å². The van der Waals surface area contributed by atoms with Crippen LogP contribution in [0.4, 0.5) is 0 Å². The van der Waals surface area contributed by atoms with E-state index in [1.165, 1.54) is 0 Å². The van der Waals surface area contributed by atoms with Gasteiger partial charge in [-0.05, 0) is 30.4 Å². The quantitative estimate of drug-likeness (QED) is 0.742. The van der Waals surface area contributed by atoms with Crippen LogP contribution >= 0.6 is 15.9 Å². The molecule has 1 atom stereocenters. The number of hydrogen-bond acceptors (Lipinski definition) is 2. The molecule has 0 aliphatic carbocycles. The molecule has 1 unspecified atom stereocenters. The van der Waals surface area contributed by atoms with Crippen molar-refractivity contribution >= 4 is 25.8 Å². The molecule has 0 N–H and O–H groups in total. The number of alkyl halides is 1. The molecule has 0 spiro atoms. The van der Waals surface area contributed by atoms with Gasteiger partial charge in [-0.25, -0.2) is 8.42 Å². The minimum Gasteiger partial charge on any atom is -0.224 e. The molecule has 102 valence electrons. The number of benzene rings is 1. The second kappa shape index (κ2) is 6.71. The number of rotatable bonds is 6. The fourth-order valence-electron chi connectivity index (χ4n) is 1.96. The maximum Gasteiger partial charge on any atom is 0.178 e. The Kier molecular flexibility index (Phi) is 5.86. The van der Waals surface area contributed by atoms with E-state index in [0.29, 0.717) is 15.6 Å². The lowest BCUT2D eigenvalue weighted by Crippen LogP contribution is -2.12. The molecule has 4 heteroatoms. The van der Waals surface area contributed by atoms with Gasteiger partial charge in [-0.15, -0.1) is 0 Å². The van der Waals surface area contributed by atoms with Crippen LogP contribution in [0.15, 0.2) is 29.2 Å². The first kappa shape index (κ1) is 15.7. The monoisotopic (exact) mass is 332 g/mol. The van der Waals surface area contributed by atoms with Gasteiger partial charge in [-0.3, -0.25) is 0 Å². The fourth-order valence-corrected chi connectivity index (χ4v) is 4.21. The molecule has 0 aliphatic rings. The highest BCUT2D eigenvalue weighted by Crippen LogP contribution is 2.23. The molecule has 18 heavy (non-hydrogen) atoms. The van der Waals surface area contributed by atoms with Crippen LogP contribution in [0.2, 0.25) is 0 Å². The highest BCUT2D eigenvalue weighted by atomic mass is 79.9. The summed E-state index contributed by atoms with van der Waals surface area (Å²) in [5.74, 6) is 0.755. The molecule has 0 bridgehead atoms. The summed E-state index contributed by atoms with van der Waals surface area (Å²) in [7, 11) is -3.12. The Bertz CT molecular complexity index is 480. The van der Waals surface area contributed by atoms with Gasteiger partial charge in [0.1, 0.15) is 0 Å². The molecule has 1 aromatic rings. The molecule has 1 rings (SSSR count). The number of sulfone groups is 1. The summed E-state index contributed by atoms with van der Waals surface area (Å²) >= 11 is 3.64. The summed E-state index contributed by atoms with van der Waals surface area (Å²) in [6.45, 7) is 6.03. The van der Waals surface area contributed by atoms with Crippen LogP contribution in [-0.2, 0) is 16.3 Å². The van der Waals surface area contributed by atoms with Gasteiger partial charge in [-0.2, -0.15) is 0 Å². The lowest BCUT2D eigenvalue weighted by Gasteiger charge is -2.15. The lowest BCUT2D eigenvalue weighted by atomic mass is 10.0. The van der Waals surface area contributed by atoms with Crippen LogP contribution in [0.1, 0.15) is 32.8 Å². The maximum atomic E-state index is 12.0. The third-order valence-corrected chi connectivity index (χ3v) is 5.38. The molecule has 0 amide bonds. The normalized spacial score (nSPS) is 13.8. The summed E-state index contributed by atoms with van der Waals surface area (Å²) in [5, 5.41) is 0. The average molecular weight is 333 g/mol. The number of hydrogen-bond donors (Lipinski definition) is 0. The highest BCUT2D eigenvalue weighted by molar-refractivity contribution is 9.09. The van der Waals surface area contributed by atoms with Crippen LogP contribution < -0.4 is 0 Å². The molecule has 1 aromatic carbocycles. The predicted molar refractivity (Wildman–Crippen MR) is 80.0 cm³/mol. The van der Waals surface area contributed by atoms with E-state index in [1.54, 1.807) is 19.1 Å². The summed E-state index contributed by atoms with van der Waals surface area (Å²) in [6.07, 6.45) is 1.80. The van der Waals surface area contributed by atoms with E-state index < -0.39 is 9.84 Å². The Morgan fingerprint density at radius 3 is 2.39 bits per heavy atom. The third kappa shape index (κ3) is 4.39. The van der Waals surface area contributed by atoms with Crippen molar-refractivity contribution < 1.29 is 8.42 Å². The van der Waals surface area contributed by atoms with Gasteiger partial charge in [0.15, 0.2) is 9.84 Å². The topological polar surface area (TPSA) is 34.1 Å². The fraction of sp³-hybridized carbons (Fsp3) is 0.571. The van der Waals surface area contributed by atoms with Crippen LogP contribution in [-0.4, -0.2) is 19.0 Å². The standard InChI is InChI=1S/C14H21BrO2S/c1-4-18(16,17)14-8-6-5-7-12(14)10-13(15)9-11(2)3/h5-8,11,13H,4,9-10H2,1-3H3. The van der Waals surface area contributed by atoms with E-state index in [4.69, 9.17) is 0 Å². The zero-order valence-electron chi connectivity index (χ0n) is 11.2. The predicted octanol–water partition coefficient (Wildman–Crippen LogP) is 3.83. The van der Waals surface area contributed by atoms with Gasteiger partial charge in [-0.1, -0.05) is 54.9 Å². The Hall–Kier alpha value is -0.350. The Morgan fingerprint density at radius 1 is 1.22 bits per heavy atom. The second-order valence-corrected chi connectivity index (χ2v) is 8.48. The van der Waals surface area contributed by atoms with Crippen LogP contribution in [0.25, 0.3) is 0 Å². The molecule has 0 fully saturated rings. The van der Waals surface area contributed by atoms with E-state index in [9.17, 15) is 8.42 Å². The van der Waals surface area contributed by atoms with Gasteiger partial charge < -0.3 is 0 Å². The van der Waals surface area contributed by atoms with Crippen molar-refractivity contribution in [3.63, 3.8) is 0 Å². The average Bonchev–Trinajstić information content (AvgIpc) is 2.28. The van der Waals surface area contributed by atoms with Crippen LogP contribution in [0.3, 0.4) is 0 Å². The van der Waals surface area contributed by atoms with Crippen molar-refractivity contribution in [2.75, 3.05) is 5.75 Å². The minimum atomic E-state index is -3.12. The summed E-state index contributed by atoms with van der Waals surface area (Å²) < 4.78 is 24.0. The van der Waals surface area contributed by atoms with Gasteiger partial charge in [0.05, 0.1) is 10.6 Å². The van der Waals surface area contributed by atoms with Crippen molar-refractivity contribution in [3.8, 4) is 0 Å². The first-order chi connectivity index (χ1) is 8.36. The van der Waals surface area contributed by atoms with E-state index in [1.807, 2.05) is 12.1 Å². The van der Waals surface area contributed by atoms with Crippen LogP contribution in [0, 0.1) is 5.92 Å². The summed E-state index contributed by atoms with van der Waals surface area (Å²) in [4.78, 5) is 0.811. The summed E-state index contributed by atoms with van der Waals surface area (Å²) in [6, 6.07) is 7.32. The van der Waals surface area contributed by atoms with E-state index in [2.05, 4.69) is 29.8 Å². The van der Waals surface area contributed by atoms with E-state index >= 15 is 0 Å². The third-order valence-electron chi connectivity index (χ3n) is 2.86. The molecular weight excluding hydrogens is 312 g/mol. The zero-order valence-corrected chi connectivity index (χ0v) is 13.6. The van der Waals surface area contributed by atoms with Crippen molar-refractivity contribution in [2.24, 2.45) is 5.92 Å². The van der Waals surface area contributed by atoms with Gasteiger partial charge in [0, 0.05) is 4.83 Å². The Balaban J connectivity index is 2.97. The smallest absolute Gasteiger partial charge is 0.178 e. The zero-order chi connectivity index (χ0) is 13.8. The first-order valence-electron chi connectivity index (χ1n) is 6.31. The molecule has 0 heterocycles. The molecular formula is C14H21BrO2S. The summed E-state index contributed by atoms with van der Waals surface area (Å²) in [5.41, 5.74) is 0.918. The van der Waals surface area contributed by atoms with Gasteiger partial charge in [0.2, 0.25) is 0 Å². The Morgan fingerprint density at radius 2 is 1.83 bits per heavy atom. The lowest BCUT2D eigenvalue weighted by molar-refractivity contribution is 0.567. The van der Waals surface area contributed by atoms with Crippen molar-refractivity contribution in [1.29, 1.82) is 0 Å². The SMILES string of the molecule is CCS(=O)(=O)c1ccccc1CC(Br)CC(C)C. The van der Waals surface area contributed by atoms with Gasteiger partial charge in [0.25, 0.3) is 0 Å². The van der Waals surface area contributed by atoms with E-state index in [0.717, 1.165) is 18.4 Å². The minimum absolute atomic E-state index is 0.154. The van der Waals surface area contributed by atoms with Crippen molar-refractivity contribution in [3.05, 3.63) is 29.8 Å². The second-order valence-electron chi connectivity index (χ2n) is 4.94. The number of halogens is 1. The highest BCUT2D eigenvalue weighted by Gasteiger charge is 2.18. The maximum absolute atomic E-state index is 12.0. The molecule has 0 aromatic heterocycles. The molecule has 0 saturated carbocycles. The molecule has 0 saturated heterocycles. The largest absolute Gasteiger partial charge is 0.224 e.